The van der Waals surface area contributed by atoms with E-state index in [1.807, 2.05) is 0 Å². The number of aliphatic carboxylic acids is 1. The Morgan fingerprint density at radius 3 is 2.72 bits per heavy atom. The fourth-order valence-electron chi connectivity index (χ4n) is 2.71. The van der Waals surface area contributed by atoms with E-state index in [1.54, 1.807) is 7.11 Å². The van der Waals surface area contributed by atoms with Gasteiger partial charge < -0.3 is 20.1 Å². The van der Waals surface area contributed by atoms with E-state index in [1.165, 1.54) is 4.90 Å². The van der Waals surface area contributed by atoms with Crippen molar-refractivity contribution in [3.05, 3.63) is 0 Å². The van der Waals surface area contributed by atoms with Gasteiger partial charge in [-0.1, -0.05) is 6.42 Å². The van der Waals surface area contributed by atoms with E-state index >= 15 is 0 Å². The van der Waals surface area contributed by atoms with Gasteiger partial charge in [-0.25, -0.2) is 4.79 Å². The van der Waals surface area contributed by atoms with Crippen molar-refractivity contribution < 1.29 is 19.4 Å². The number of carboxylic acid groups (broad SMARTS) is 1. The maximum Gasteiger partial charge on any atom is 0.326 e. The van der Waals surface area contributed by atoms with Gasteiger partial charge in [0.2, 0.25) is 5.91 Å². The van der Waals surface area contributed by atoms with Crippen molar-refractivity contribution in [1.29, 1.82) is 0 Å². The van der Waals surface area contributed by atoms with E-state index in [2.05, 4.69) is 5.32 Å². The van der Waals surface area contributed by atoms with Gasteiger partial charge in [0.15, 0.2) is 0 Å². The average molecular weight is 256 g/mol. The minimum absolute atomic E-state index is 0.0957. The number of hydrogen-bond acceptors (Lipinski definition) is 4. The summed E-state index contributed by atoms with van der Waals surface area (Å²) in [5, 5.41) is 12.3. The monoisotopic (exact) mass is 256 g/mol. The summed E-state index contributed by atoms with van der Waals surface area (Å²) in [5.41, 5.74) is 0. The third kappa shape index (κ3) is 2.64. The Labute approximate surface area is 106 Å². The standard InChI is InChI=1S/C12H20N2O4/c1-18-8-6-10(12(16)17)14(7-8)11(15)9-4-2-3-5-13-9/h8-10,13H,2-7H2,1H3,(H,16,17). The first-order valence-corrected chi connectivity index (χ1v) is 6.43. The van der Waals surface area contributed by atoms with Gasteiger partial charge in [-0.05, 0) is 19.4 Å². The predicted molar refractivity (Wildman–Crippen MR) is 64.2 cm³/mol. The van der Waals surface area contributed by atoms with Crippen LogP contribution in [0.3, 0.4) is 0 Å². The smallest absolute Gasteiger partial charge is 0.326 e. The second kappa shape index (κ2) is 5.67. The molecule has 18 heavy (non-hydrogen) atoms. The maximum atomic E-state index is 12.3. The summed E-state index contributed by atoms with van der Waals surface area (Å²) >= 11 is 0. The highest BCUT2D eigenvalue weighted by Crippen LogP contribution is 2.22. The van der Waals surface area contributed by atoms with Gasteiger partial charge >= 0.3 is 5.97 Å². The molecule has 2 saturated heterocycles. The van der Waals surface area contributed by atoms with Crippen LogP contribution in [0.5, 0.6) is 0 Å². The fraction of sp³-hybridized carbons (Fsp3) is 0.833. The number of ether oxygens (including phenoxy) is 1. The Morgan fingerprint density at radius 1 is 1.39 bits per heavy atom. The minimum Gasteiger partial charge on any atom is -0.480 e. The number of likely N-dealkylation sites (tertiary alicyclic amines) is 1. The van der Waals surface area contributed by atoms with Crippen LogP contribution in [0.25, 0.3) is 0 Å². The van der Waals surface area contributed by atoms with Crippen LogP contribution in [0.2, 0.25) is 0 Å². The summed E-state index contributed by atoms with van der Waals surface area (Å²) in [6.45, 7) is 1.21. The Bertz CT molecular complexity index is 328. The number of nitrogens with one attached hydrogen (secondary N) is 1. The molecule has 0 aromatic rings. The van der Waals surface area contributed by atoms with Crippen molar-refractivity contribution in [1.82, 2.24) is 10.2 Å². The van der Waals surface area contributed by atoms with Crippen LogP contribution in [0.1, 0.15) is 25.7 Å². The molecule has 2 heterocycles. The van der Waals surface area contributed by atoms with Gasteiger partial charge in [-0.2, -0.15) is 0 Å². The molecule has 2 N–H and O–H groups in total. The number of nitrogens with zero attached hydrogens (tertiary/aromatic N) is 1. The molecule has 2 aliphatic rings. The molecule has 6 nitrogen and oxygen atoms in total. The summed E-state index contributed by atoms with van der Waals surface area (Å²) < 4.78 is 5.18. The second-order valence-electron chi connectivity index (χ2n) is 4.94. The molecular formula is C12H20N2O4. The summed E-state index contributed by atoms with van der Waals surface area (Å²) in [7, 11) is 1.55. The zero-order valence-electron chi connectivity index (χ0n) is 10.6. The molecule has 0 aromatic carbocycles. The molecule has 2 fully saturated rings. The van der Waals surface area contributed by atoms with E-state index in [0.717, 1.165) is 25.8 Å². The van der Waals surface area contributed by atoms with Crippen molar-refractivity contribution in [3.8, 4) is 0 Å². The van der Waals surface area contributed by atoms with Crippen LogP contribution in [0, 0.1) is 0 Å². The molecule has 3 atom stereocenters. The summed E-state index contributed by atoms with van der Waals surface area (Å²) in [4.78, 5) is 25.0. The molecule has 0 spiro atoms. The Morgan fingerprint density at radius 2 is 2.17 bits per heavy atom. The highest BCUT2D eigenvalue weighted by molar-refractivity contribution is 5.87. The first kappa shape index (κ1) is 13.3. The number of carbonyl (C=O) groups is 2. The predicted octanol–water partition coefficient (Wildman–Crippen LogP) is -0.171. The van der Waals surface area contributed by atoms with Gasteiger partial charge in [0.05, 0.1) is 12.1 Å². The Hall–Kier alpha value is -1.14. The average Bonchev–Trinajstić information content (AvgIpc) is 2.83. The SMILES string of the molecule is COC1CC(C(=O)O)N(C(=O)C2CCCCN2)C1. The lowest BCUT2D eigenvalue weighted by atomic mass is 10.0. The quantitative estimate of drug-likeness (QED) is 0.733. The first-order chi connectivity index (χ1) is 8.63. The molecule has 2 aliphatic heterocycles. The number of carboxylic acids is 1. The van der Waals surface area contributed by atoms with Crippen LogP contribution in [-0.2, 0) is 14.3 Å². The third-order valence-electron chi connectivity index (χ3n) is 3.77. The van der Waals surface area contributed by atoms with E-state index in [-0.39, 0.29) is 18.1 Å². The number of rotatable bonds is 3. The van der Waals surface area contributed by atoms with E-state index in [0.29, 0.717) is 13.0 Å². The summed E-state index contributed by atoms with van der Waals surface area (Å²) in [5.74, 6) is -1.04. The maximum absolute atomic E-state index is 12.3. The summed E-state index contributed by atoms with van der Waals surface area (Å²) in [6, 6.07) is -0.970. The van der Waals surface area contributed by atoms with Crippen molar-refractivity contribution in [3.63, 3.8) is 0 Å². The van der Waals surface area contributed by atoms with Crippen LogP contribution in [0.15, 0.2) is 0 Å². The molecular weight excluding hydrogens is 236 g/mol. The number of methoxy groups -OCH3 is 1. The highest BCUT2D eigenvalue weighted by atomic mass is 16.5. The van der Waals surface area contributed by atoms with E-state index < -0.39 is 12.0 Å². The molecule has 0 radical (unpaired) electrons. The van der Waals surface area contributed by atoms with Crippen LogP contribution in [0.4, 0.5) is 0 Å². The normalized spacial score (nSPS) is 32.5. The number of hydrogen-bond donors (Lipinski definition) is 2. The van der Waals surface area contributed by atoms with Gasteiger partial charge in [-0.3, -0.25) is 4.79 Å². The molecule has 0 aromatic heterocycles. The lowest BCUT2D eigenvalue weighted by Crippen LogP contribution is -2.51. The molecule has 102 valence electrons. The molecule has 0 bridgehead atoms. The van der Waals surface area contributed by atoms with Crippen molar-refractivity contribution >= 4 is 11.9 Å². The van der Waals surface area contributed by atoms with Crippen LogP contribution < -0.4 is 5.32 Å². The Balaban J connectivity index is 2.04. The fourth-order valence-corrected chi connectivity index (χ4v) is 2.71. The number of piperidine rings is 1. The largest absolute Gasteiger partial charge is 0.480 e. The second-order valence-corrected chi connectivity index (χ2v) is 4.94. The summed E-state index contributed by atoms with van der Waals surface area (Å²) in [6.07, 6.45) is 3.10. The molecule has 0 aliphatic carbocycles. The molecule has 3 unspecified atom stereocenters. The molecule has 2 rings (SSSR count). The van der Waals surface area contributed by atoms with Crippen molar-refractivity contribution in [2.24, 2.45) is 0 Å². The van der Waals surface area contributed by atoms with E-state index in [4.69, 9.17) is 4.74 Å². The zero-order valence-corrected chi connectivity index (χ0v) is 10.6. The van der Waals surface area contributed by atoms with Gasteiger partial charge in [-0.15, -0.1) is 0 Å². The Kier molecular flexibility index (Phi) is 4.19. The van der Waals surface area contributed by atoms with Gasteiger partial charge in [0, 0.05) is 20.1 Å². The lowest BCUT2D eigenvalue weighted by Gasteiger charge is -2.29. The van der Waals surface area contributed by atoms with Gasteiger partial charge in [0.1, 0.15) is 6.04 Å². The van der Waals surface area contributed by atoms with E-state index in [9.17, 15) is 14.7 Å². The lowest BCUT2D eigenvalue weighted by molar-refractivity contribution is -0.149. The minimum atomic E-state index is -0.946. The van der Waals surface area contributed by atoms with Crippen molar-refractivity contribution in [2.75, 3.05) is 20.2 Å². The van der Waals surface area contributed by atoms with Gasteiger partial charge in [0.25, 0.3) is 0 Å². The number of amides is 1. The van der Waals surface area contributed by atoms with Crippen LogP contribution in [-0.4, -0.2) is 60.3 Å². The number of carbonyl (C=O) groups excluding carboxylic acids is 1. The third-order valence-corrected chi connectivity index (χ3v) is 3.77. The zero-order chi connectivity index (χ0) is 13.1. The topological polar surface area (TPSA) is 78.9 Å². The molecule has 6 heteroatoms. The highest BCUT2D eigenvalue weighted by Gasteiger charge is 2.41. The van der Waals surface area contributed by atoms with Crippen LogP contribution >= 0.6 is 0 Å². The first-order valence-electron chi connectivity index (χ1n) is 6.43. The molecule has 1 amide bonds. The van der Waals surface area contributed by atoms with Crippen molar-refractivity contribution in [2.45, 2.75) is 43.9 Å². The molecule has 0 saturated carbocycles.